The molecule has 0 aliphatic heterocycles. The van der Waals surface area contributed by atoms with Gasteiger partial charge in [-0.15, -0.1) is 0 Å². The first-order valence-electron chi connectivity index (χ1n) is 6.77. The Labute approximate surface area is 119 Å². The van der Waals surface area contributed by atoms with Gasteiger partial charge >= 0.3 is 0 Å². The highest BCUT2D eigenvalue weighted by Gasteiger charge is 2.07. The van der Waals surface area contributed by atoms with Crippen molar-refractivity contribution in [1.29, 1.82) is 0 Å². The summed E-state index contributed by atoms with van der Waals surface area (Å²) in [5.41, 5.74) is 9.39. The summed E-state index contributed by atoms with van der Waals surface area (Å²) < 4.78 is 18.2. The Morgan fingerprint density at radius 1 is 1.10 bits per heavy atom. The van der Waals surface area contributed by atoms with E-state index in [-0.39, 0.29) is 11.9 Å². The van der Waals surface area contributed by atoms with Crippen molar-refractivity contribution in [2.24, 2.45) is 5.73 Å². The number of hydrogen-bond acceptors (Lipinski definition) is 2. The van der Waals surface area contributed by atoms with Crippen molar-refractivity contribution in [2.75, 3.05) is 13.7 Å². The van der Waals surface area contributed by atoms with E-state index in [0.29, 0.717) is 13.0 Å². The Morgan fingerprint density at radius 3 is 2.50 bits per heavy atom. The van der Waals surface area contributed by atoms with E-state index in [1.54, 1.807) is 13.2 Å². The minimum atomic E-state index is -0.218. The minimum absolute atomic E-state index is 0.117. The van der Waals surface area contributed by atoms with E-state index >= 15 is 0 Å². The van der Waals surface area contributed by atoms with Crippen LogP contribution in [0.15, 0.2) is 48.5 Å². The zero-order valence-corrected chi connectivity index (χ0v) is 11.7. The van der Waals surface area contributed by atoms with Crippen molar-refractivity contribution < 1.29 is 9.13 Å². The van der Waals surface area contributed by atoms with E-state index in [9.17, 15) is 4.39 Å². The molecule has 1 unspecified atom stereocenters. The Morgan fingerprint density at radius 2 is 1.85 bits per heavy atom. The molecule has 0 spiro atoms. The standard InChI is InChI=1S/C17H20FNO/c1-20-10-9-13-5-7-15(8-6-13)17(19)12-14-3-2-4-16(18)11-14/h2-8,11,17H,9-10,12,19H2,1H3. The van der Waals surface area contributed by atoms with Gasteiger partial charge in [0.05, 0.1) is 6.61 Å². The first-order chi connectivity index (χ1) is 9.69. The number of hydrogen-bond donors (Lipinski definition) is 1. The van der Waals surface area contributed by atoms with Gasteiger partial charge in [-0.1, -0.05) is 36.4 Å². The van der Waals surface area contributed by atoms with Crippen LogP contribution >= 0.6 is 0 Å². The predicted octanol–water partition coefficient (Wildman–Crippen LogP) is 3.26. The summed E-state index contributed by atoms with van der Waals surface area (Å²) in [5.74, 6) is -0.218. The van der Waals surface area contributed by atoms with Crippen LogP contribution in [0.4, 0.5) is 4.39 Å². The highest BCUT2D eigenvalue weighted by molar-refractivity contribution is 5.27. The summed E-state index contributed by atoms with van der Waals surface area (Å²) >= 11 is 0. The molecule has 2 rings (SSSR count). The Hall–Kier alpha value is -1.71. The van der Waals surface area contributed by atoms with Gasteiger partial charge in [0.15, 0.2) is 0 Å². The number of halogens is 1. The Bertz CT molecular complexity index is 539. The largest absolute Gasteiger partial charge is 0.384 e. The molecule has 106 valence electrons. The first kappa shape index (κ1) is 14.7. The number of methoxy groups -OCH3 is 1. The fourth-order valence-corrected chi connectivity index (χ4v) is 2.19. The van der Waals surface area contributed by atoms with Gasteiger partial charge < -0.3 is 10.5 Å². The summed E-state index contributed by atoms with van der Waals surface area (Å²) in [6.45, 7) is 0.717. The van der Waals surface area contributed by atoms with Gasteiger partial charge in [0, 0.05) is 13.2 Å². The van der Waals surface area contributed by atoms with Crippen LogP contribution in [-0.2, 0) is 17.6 Å². The van der Waals surface area contributed by atoms with Crippen LogP contribution in [0.5, 0.6) is 0 Å². The van der Waals surface area contributed by atoms with E-state index in [2.05, 4.69) is 12.1 Å². The van der Waals surface area contributed by atoms with Gasteiger partial charge in [0.1, 0.15) is 5.82 Å². The zero-order valence-electron chi connectivity index (χ0n) is 11.7. The molecule has 0 aliphatic rings. The minimum Gasteiger partial charge on any atom is -0.384 e. The summed E-state index contributed by atoms with van der Waals surface area (Å²) in [7, 11) is 1.70. The van der Waals surface area contributed by atoms with E-state index in [0.717, 1.165) is 17.5 Å². The number of ether oxygens (including phenoxy) is 1. The van der Waals surface area contributed by atoms with Gasteiger partial charge in [0.2, 0.25) is 0 Å². The van der Waals surface area contributed by atoms with Crippen molar-refractivity contribution in [1.82, 2.24) is 0 Å². The molecule has 0 bridgehead atoms. The van der Waals surface area contributed by atoms with Crippen LogP contribution in [0.3, 0.4) is 0 Å². The molecule has 0 saturated carbocycles. The van der Waals surface area contributed by atoms with Crippen LogP contribution in [0.1, 0.15) is 22.7 Å². The van der Waals surface area contributed by atoms with Crippen molar-refractivity contribution in [3.63, 3.8) is 0 Å². The van der Waals surface area contributed by atoms with Crippen LogP contribution < -0.4 is 5.73 Å². The molecule has 1 atom stereocenters. The Balaban J connectivity index is 2.00. The lowest BCUT2D eigenvalue weighted by molar-refractivity contribution is 0.202. The predicted molar refractivity (Wildman–Crippen MR) is 79.1 cm³/mol. The molecule has 2 aromatic rings. The number of nitrogens with two attached hydrogens (primary N) is 1. The van der Waals surface area contributed by atoms with Crippen molar-refractivity contribution in [3.8, 4) is 0 Å². The van der Waals surface area contributed by atoms with Crippen LogP contribution in [0.2, 0.25) is 0 Å². The van der Waals surface area contributed by atoms with E-state index in [4.69, 9.17) is 10.5 Å². The molecule has 2 aromatic carbocycles. The fourth-order valence-electron chi connectivity index (χ4n) is 2.19. The first-order valence-corrected chi connectivity index (χ1v) is 6.77. The van der Waals surface area contributed by atoms with E-state index < -0.39 is 0 Å². The maximum absolute atomic E-state index is 13.1. The lowest BCUT2D eigenvalue weighted by Gasteiger charge is -2.13. The average Bonchev–Trinajstić information content (AvgIpc) is 2.45. The summed E-state index contributed by atoms with van der Waals surface area (Å²) in [6, 6.07) is 14.7. The van der Waals surface area contributed by atoms with E-state index in [1.165, 1.54) is 17.7 Å². The monoisotopic (exact) mass is 273 g/mol. The lowest BCUT2D eigenvalue weighted by atomic mass is 9.98. The molecular formula is C17H20FNO. The quantitative estimate of drug-likeness (QED) is 0.876. The molecule has 2 nitrogen and oxygen atoms in total. The van der Waals surface area contributed by atoms with Gasteiger partial charge in [-0.25, -0.2) is 4.39 Å². The summed E-state index contributed by atoms with van der Waals surface area (Å²) in [6.07, 6.45) is 1.53. The third-order valence-corrected chi connectivity index (χ3v) is 3.35. The molecule has 0 heterocycles. The highest BCUT2D eigenvalue weighted by Crippen LogP contribution is 2.17. The van der Waals surface area contributed by atoms with Crippen molar-refractivity contribution in [3.05, 3.63) is 71.0 Å². The normalized spacial score (nSPS) is 12.3. The maximum Gasteiger partial charge on any atom is 0.123 e. The van der Waals surface area contributed by atoms with E-state index in [1.807, 2.05) is 18.2 Å². The molecule has 0 amide bonds. The smallest absolute Gasteiger partial charge is 0.123 e. The molecule has 0 radical (unpaired) electrons. The second kappa shape index (κ2) is 7.17. The second-order valence-corrected chi connectivity index (χ2v) is 4.92. The summed E-state index contributed by atoms with van der Waals surface area (Å²) in [5, 5.41) is 0. The number of rotatable bonds is 6. The molecular weight excluding hydrogens is 253 g/mol. The SMILES string of the molecule is COCCc1ccc(C(N)Cc2cccc(F)c2)cc1. The van der Waals surface area contributed by atoms with Crippen molar-refractivity contribution >= 4 is 0 Å². The molecule has 0 fully saturated rings. The topological polar surface area (TPSA) is 35.2 Å². The van der Waals surface area contributed by atoms with Crippen LogP contribution in [0, 0.1) is 5.82 Å². The van der Waals surface area contributed by atoms with Crippen molar-refractivity contribution in [2.45, 2.75) is 18.9 Å². The molecule has 0 aromatic heterocycles. The molecule has 20 heavy (non-hydrogen) atoms. The highest BCUT2D eigenvalue weighted by atomic mass is 19.1. The second-order valence-electron chi connectivity index (χ2n) is 4.92. The molecule has 0 saturated heterocycles. The molecule has 0 aliphatic carbocycles. The fraction of sp³-hybridized carbons (Fsp3) is 0.294. The van der Waals surface area contributed by atoms with Gasteiger partial charge in [-0.05, 0) is 41.7 Å². The van der Waals surface area contributed by atoms with Crippen LogP contribution in [-0.4, -0.2) is 13.7 Å². The molecule has 3 heteroatoms. The van der Waals surface area contributed by atoms with Gasteiger partial charge in [-0.2, -0.15) is 0 Å². The third-order valence-electron chi connectivity index (χ3n) is 3.35. The zero-order chi connectivity index (χ0) is 14.4. The maximum atomic E-state index is 13.1. The van der Waals surface area contributed by atoms with Crippen LogP contribution in [0.25, 0.3) is 0 Å². The third kappa shape index (κ3) is 4.15. The average molecular weight is 273 g/mol. The Kier molecular flexibility index (Phi) is 5.27. The number of benzene rings is 2. The van der Waals surface area contributed by atoms with Gasteiger partial charge in [0.25, 0.3) is 0 Å². The van der Waals surface area contributed by atoms with Gasteiger partial charge in [-0.3, -0.25) is 0 Å². The summed E-state index contributed by atoms with van der Waals surface area (Å²) in [4.78, 5) is 0. The lowest BCUT2D eigenvalue weighted by Crippen LogP contribution is -2.13. The molecule has 2 N–H and O–H groups in total.